The molecule has 0 radical (unpaired) electrons. The van der Waals surface area contributed by atoms with Gasteiger partial charge < -0.3 is 14.4 Å². The second kappa shape index (κ2) is 10.8. The maximum absolute atomic E-state index is 13.1. The molecule has 4 rings (SSSR count). The summed E-state index contributed by atoms with van der Waals surface area (Å²) in [6.45, 7) is 7.21. The summed E-state index contributed by atoms with van der Waals surface area (Å²) >= 11 is 0. The fourth-order valence-electron chi connectivity index (χ4n) is 4.31. The Morgan fingerprint density at radius 3 is 2.81 bits per heavy atom. The predicted octanol–water partition coefficient (Wildman–Crippen LogP) is 2.44. The molecule has 0 aromatic carbocycles. The molecule has 0 saturated carbocycles. The summed E-state index contributed by atoms with van der Waals surface area (Å²) in [5.41, 5.74) is 3.02. The Bertz CT molecular complexity index is 842. The molecule has 1 unspecified atom stereocenters. The Balaban J connectivity index is 1.45. The molecular weight excluding hydrogens is 392 g/mol. The van der Waals surface area contributed by atoms with E-state index in [4.69, 9.17) is 9.47 Å². The third-order valence-electron chi connectivity index (χ3n) is 5.96. The molecule has 2 fully saturated rings. The van der Waals surface area contributed by atoms with Crippen LogP contribution in [0.4, 0.5) is 0 Å². The van der Waals surface area contributed by atoms with Crippen LogP contribution in [-0.2, 0) is 27.4 Å². The summed E-state index contributed by atoms with van der Waals surface area (Å²) in [5.74, 6) is 0.674. The van der Waals surface area contributed by atoms with Gasteiger partial charge in [-0.15, -0.1) is 0 Å². The topological polar surface area (TPSA) is 67.8 Å². The van der Waals surface area contributed by atoms with Gasteiger partial charge in [0.1, 0.15) is 0 Å². The summed E-state index contributed by atoms with van der Waals surface area (Å²) < 4.78 is 11.8. The lowest BCUT2D eigenvalue weighted by Crippen LogP contribution is -2.42. The van der Waals surface area contributed by atoms with Gasteiger partial charge in [-0.25, -0.2) is 0 Å². The average Bonchev–Trinajstić information content (AvgIpc) is 2.92. The third-order valence-corrected chi connectivity index (χ3v) is 5.96. The van der Waals surface area contributed by atoms with Crippen LogP contribution in [0.1, 0.15) is 29.8 Å². The Morgan fingerprint density at radius 2 is 2.03 bits per heavy atom. The van der Waals surface area contributed by atoms with E-state index < -0.39 is 0 Å². The smallest absolute Gasteiger partial charge is 0.236 e. The summed E-state index contributed by atoms with van der Waals surface area (Å²) in [4.78, 5) is 26.1. The molecule has 2 aromatic rings. The molecule has 2 aliphatic rings. The lowest BCUT2D eigenvalue weighted by molar-refractivity contribution is -0.133. The fourth-order valence-corrected chi connectivity index (χ4v) is 4.31. The van der Waals surface area contributed by atoms with Crippen molar-refractivity contribution >= 4 is 5.91 Å². The summed E-state index contributed by atoms with van der Waals surface area (Å²) in [6, 6.07) is 9.97. The summed E-state index contributed by atoms with van der Waals surface area (Å²) in [6.07, 6.45) is 5.57. The molecule has 7 nitrogen and oxygen atoms in total. The molecule has 2 saturated heterocycles. The van der Waals surface area contributed by atoms with Crippen molar-refractivity contribution in [2.24, 2.45) is 5.92 Å². The van der Waals surface area contributed by atoms with E-state index in [1.165, 1.54) is 0 Å². The Labute approximate surface area is 184 Å². The van der Waals surface area contributed by atoms with Crippen LogP contribution < -0.4 is 0 Å². The highest BCUT2D eigenvalue weighted by atomic mass is 16.5. The number of pyridine rings is 2. The minimum Gasteiger partial charge on any atom is -0.381 e. The minimum atomic E-state index is -0.0590. The van der Waals surface area contributed by atoms with Crippen LogP contribution in [0.25, 0.3) is 0 Å². The van der Waals surface area contributed by atoms with Crippen LogP contribution in [0.5, 0.6) is 0 Å². The van der Waals surface area contributed by atoms with Crippen molar-refractivity contribution in [1.29, 1.82) is 0 Å². The van der Waals surface area contributed by atoms with Crippen LogP contribution in [0, 0.1) is 12.8 Å². The largest absolute Gasteiger partial charge is 0.381 e. The van der Waals surface area contributed by atoms with Crippen LogP contribution in [0.15, 0.2) is 42.7 Å². The molecule has 31 heavy (non-hydrogen) atoms. The van der Waals surface area contributed by atoms with Gasteiger partial charge in [-0.2, -0.15) is 0 Å². The van der Waals surface area contributed by atoms with E-state index >= 15 is 0 Å². The molecule has 0 spiro atoms. The molecule has 2 aromatic heterocycles. The number of rotatable bonds is 7. The highest BCUT2D eigenvalue weighted by Crippen LogP contribution is 2.19. The second-order valence-electron chi connectivity index (χ2n) is 8.59. The van der Waals surface area contributed by atoms with E-state index in [2.05, 4.69) is 14.9 Å². The molecule has 166 valence electrons. The van der Waals surface area contributed by atoms with Gasteiger partial charge >= 0.3 is 0 Å². The van der Waals surface area contributed by atoms with Crippen molar-refractivity contribution in [3.8, 4) is 0 Å². The maximum atomic E-state index is 13.1. The van der Waals surface area contributed by atoms with E-state index in [-0.39, 0.29) is 12.0 Å². The van der Waals surface area contributed by atoms with Crippen molar-refractivity contribution in [1.82, 2.24) is 19.8 Å². The van der Waals surface area contributed by atoms with Crippen molar-refractivity contribution < 1.29 is 14.3 Å². The Hall–Kier alpha value is -2.35. The van der Waals surface area contributed by atoms with Crippen molar-refractivity contribution in [3.63, 3.8) is 0 Å². The Morgan fingerprint density at radius 1 is 1.16 bits per heavy atom. The van der Waals surface area contributed by atoms with E-state index in [1.54, 1.807) is 6.20 Å². The van der Waals surface area contributed by atoms with Crippen LogP contribution in [0.3, 0.4) is 0 Å². The monoisotopic (exact) mass is 424 g/mol. The number of ether oxygens (including phenoxy) is 2. The molecule has 0 N–H and O–H groups in total. The first-order valence-electron chi connectivity index (χ1n) is 11.2. The molecular formula is C24H32N4O3. The molecule has 0 aliphatic carbocycles. The van der Waals surface area contributed by atoms with Crippen LogP contribution >= 0.6 is 0 Å². The van der Waals surface area contributed by atoms with Gasteiger partial charge in [-0.3, -0.25) is 19.7 Å². The zero-order chi connectivity index (χ0) is 21.5. The van der Waals surface area contributed by atoms with Crippen molar-refractivity contribution in [2.75, 3.05) is 39.4 Å². The quantitative estimate of drug-likeness (QED) is 0.680. The number of aryl methyl sites for hydroxylation is 1. The average molecular weight is 425 g/mol. The lowest BCUT2D eigenvalue weighted by atomic mass is 9.99. The van der Waals surface area contributed by atoms with E-state index in [9.17, 15) is 4.79 Å². The highest BCUT2D eigenvalue weighted by molar-refractivity contribution is 5.78. The van der Waals surface area contributed by atoms with Crippen molar-refractivity contribution in [3.05, 3.63) is 59.7 Å². The molecule has 4 heterocycles. The van der Waals surface area contributed by atoms with Crippen LogP contribution in [-0.4, -0.2) is 71.2 Å². The van der Waals surface area contributed by atoms with Gasteiger partial charge in [0.2, 0.25) is 5.91 Å². The highest BCUT2D eigenvalue weighted by Gasteiger charge is 2.30. The van der Waals surface area contributed by atoms with Gasteiger partial charge in [-0.05, 0) is 49.4 Å². The van der Waals surface area contributed by atoms with Gasteiger partial charge in [0, 0.05) is 57.5 Å². The zero-order valence-electron chi connectivity index (χ0n) is 18.3. The van der Waals surface area contributed by atoms with Crippen LogP contribution in [0.2, 0.25) is 0 Å². The Kier molecular flexibility index (Phi) is 7.61. The lowest BCUT2D eigenvalue weighted by Gasteiger charge is -2.30. The zero-order valence-corrected chi connectivity index (χ0v) is 18.3. The number of amides is 1. The predicted molar refractivity (Wildman–Crippen MR) is 117 cm³/mol. The molecule has 7 heteroatoms. The molecule has 1 atom stereocenters. The standard InChI is InChI=1S/C24H32N4O3/c1-19-4-2-6-22(26-19)14-27-15-23(31-18-21-5-3-9-25-12-21)16-28(24(29)17-27)13-20-7-10-30-11-8-20/h2-6,9,12,20,23H,7-8,10-11,13-18H2,1H3. The number of carbonyl (C=O) groups is 1. The first-order valence-corrected chi connectivity index (χ1v) is 11.2. The minimum absolute atomic E-state index is 0.0590. The number of nitrogens with zero attached hydrogens (tertiary/aromatic N) is 4. The first-order chi connectivity index (χ1) is 15.2. The van der Waals surface area contributed by atoms with Gasteiger partial charge in [0.15, 0.2) is 0 Å². The fraction of sp³-hybridized carbons (Fsp3) is 0.542. The molecule has 1 amide bonds. The SMILES string of the molecule is Cc1cccc(CN2CC(=O)N(CC3CCOCC3)CC(OCc3cccnc3)C2)n1. The van der Waals surface area contributed by atoms with E-state index in [1.807, 2.05) is 48.4 Å². The van der Waals surface area contributed by atoms with E-state index in [0.29, 0.717) is 38.7 Å². The molecule has 0 bridgehead atoms. The number of carbonyl (C=O) groups excluding carboxylic acids is 1. The van der Waals surface area contributed by atoms with E-state index in [0.717, 1.165) is 49.6 Å². The van der Waals surface area contributed by atoms with Gasteiger partial charge in [0.25, 0.3) is 0 Å². The maximum Gasteiger partial charge on any atom is 0.236 e. The molecule has 2 aliphatic heterocycles. The van der Waals surface area contributed by atoms with Gasteiger partial charge in [0.05, 0.1) is 24.9 Å². The summed E-state index contributed by atoms with van der Waals surface area (Å²) in [7, 11) is 0. The number of hydrogen-bond acceptors (Lipinski definition) is 6. The number of aromatic nitrogens is 2. The second-order valence-corrected chi connectivity index (χ2v) is 8.59. The first kappa shape index (κ1) is 21.9. The normalized spacial score (nSPS) is 21.3. The van der Waals surface area contributed by atoms with Gasteiger partial charge in [-0.1, -0.05) is 12.1 Å². The third kappa shape index (κ3) is 6.56. The number of hydrogen-bond donors (Lipinski definition) is 0. The van der Waals surface area contributed by atoms with Crippen molar-refractivity contribution in [2.45, 2.75) is 39.0 Å². The summed E-state index contributed by atoms with van der Waals surface area (Å²) in [5, 5.41) is 0.